The molecule has 0 spiro atoms. The summed E-state index contributed by atoms with van der Waals surface area (Å²) >= 11 is 0. The lowest BCUT2D eigenvalue weighted by Crippen LogP contribution is -2.02. The third-order valence-electron chi connectivity index (χ3n) is 1.60. The fourth-order valence-electron chi connectivity index (χ4n) is 1.01. The fourth-order valence-corrected chi connectivity index (χ4v) is 2.14. The summed E-state index contributed by atoms with van der Waals surface area (Å²) in [4.78, 5) is 16.8. The van der Waals surface area contributed by atoms with Crippen molar-refractivity contribution in [1.29, 1.82) is 0 Å². The normalized spacial score (nSPS) is 14.6. The van der Waals surface area contributed by atoms with E-state index in [4.69, 9.17) is 5.21 Å². The number of hydrogen-bond donors (Lipinski definition) is 3. The van der Waals surface area contributed by atoms with Crippen molar-refractivity contribution in [3.05, 3.63) is 18.2 Å². The van der Waals surface area contributed by atoms with Gasteiger partial charge in [-0.2, -0.15) is 0 Å². The predicted molar refractivity (Wildman–Crippen MR) is 52.6 cm³/mol. The molecule has 1 heterocycles. The zero-order valence-electron chi connectivity index (χ0n) is 8.12. The molecule has 1 aromatic heterocycles. The van der Waals surface area contributed by atoms with Crippen LogP contribution in [0, 0.1) is 0 Å². The van der Waals surface area contributed by atoms with Crippen LogP contribution in [-0.4, -0.2) is 26.7 Å². The summed E-state index contributed by atoms with van der Waals surface area (Å²) in [5, 5.41) is 8.70. The van der Waals surface area contributed by atoms with E-state index in [0.29, 0.717) is 0 Å². The molecule has 1 aromatic rings. The van der Waals surface area contributed by atoms with Crippen LogP contribution in [0.1, 0.15) is 12.6 Å². The molecule has 0 amide bonds. The zero-order chi connectivity index (χ0) is 11.3. The Morgan fingerprint density at radius 2 is 2.40 bits per heavy atom. The Balaban J connectivity index is 2.84. The van der Waals surface area contributed by atoms with Crippen molar-refractivity contribution in [2.75, 3.05) is 12.1 Å². The van der Waals surface area contributed by atoms with Crippen molar-refractivity contribution in [2.24, 2.45) is 0 Å². The quantitative estimate of drug-likeness (QED) is 0.514. The van der Waals surface area contributed by atoms with E-state index in [1.54, 1.807) is 6.92 Å². The van der Waals surface area contributed by atoms with E-state index in [1.165, 1.54) is 12.5 Å². The zero-order valence-corrected chi connectivity index (χ0v) is 9.02. The molecule has 0 aliphatic carbocycles. The van der Waals surface area contributed by atoms with Crippen LogP contribution in [0.2, 0.25) is 0 Å². The number of anilines is 1. The molecule has 1 rings (SSSR count). The minimum Gasteiger partial charge on any atom is -0.324 e. The summed E-state index contributed by atoms with van der Waals surface area (Å²) in [7, 11) is -3.70. The second-order valence-corrected chi connectivity index (χ2v) is 4.56. The van der Waals surface area contributed by atoms with Gasteiger partial charge in [-0.1, -0.05) is 0 Å². The number of nitrogens with one attached hydrogen (secondary N) is 1. The molecule has 1 unspecified atom stereocenters. The van der Waals surface area contributed by atoms with Crippen molar-refractivity contribution in [1.82, 2.24) is 9.97 Å². The Morgan fingerprint density at radius 1 is 1.67 bits per heavy atom. The van der Waals surface area contributed by atoms with Crippen molar-refractivity contribution in [2.45, 2.75) is 13.1 Å². The lowest BCUT2D eigenvalue weighted by atomic mass is 10.4. The standard InChI is InChI=1S/C7H12N3O4P/c1-2-14-15(12,13)4-7-6(10-11)3-8-5-9-7/h3,5,10-11H,2,4H2,1H3,(H,12,13). The molecule has 0 aliphatic heterocycles. The van der Waals surface area contributed by atoms with Gasteiger partial charge in [-0.15, -0.1) is 0 Å². The van der Waals surface area contributed by atoms with E-state index < -0.39 is 7.60 Å². The third kappa shape index (κ3) is 3.56. The molecule has 8 heteroatoms. The van der Waals surface area contributed by atoms with Gasteiger partial charge in [-0.25, -0.2) is 9.97 Å². The predicted octanol–water partition coefficient (Wildman–Crippen LogP) is 1.000. The van der Waals surface area contributed by atoms with E-state index in [-0.39, 0.29) is 24.2 Å². The molecule has 0 fully saturated rings. The molecule has 3 N–H and O–H groups in total. The maximum absolute atomic E-state index is 11.4. The molecule has 15 heavy (non-hydrogen) atoms. The summed E-state index contributed by atoms with van der Waals surface area (Å²) in [6.45, 7) is 1.76. The van der Waals surface area contributed by atoms with Gasteiger partial charge in [0.25, 0.3) is 0 Å². The maximum Gasteiger partial charge on any atom is 0.334 e. The first-order valence-electron chi connectivity index (χ1n) is 4.24. The highest BCUT2D eigenvalue weighted by molar-refractivity contribution is 7.51. The monoisotopic (exact) mass is 233 g/mol. The van der Waals surface area contributed by atoms with Crippen LogP contribution in [0.15, 0.2) is 12.5 Å². The van der Waals surface area contributed by atoms with Gasteiger partial charge in [0.05, 0.1) is 24.7 Å². The number of rotatable bonds is 5. The lowest BCUT2D eigenvalue weighted by molar-refractivity contribution is 0.272. The highest BCUT2D eigenvalue weighted by atomic mass is 31.2. The number of nitrogens with zero attached hydrogens (tertiary/aromatic N) is 2. The molecule has 1 atom stereocenters. The molecule has 0 aromatic carbocycles. The van der Waals surface area contributed by atoms with Crippen LogP contribution >= 0.6 is 7.60 Å². The summed E-state index contributed by atoms with van der Waals surface area (Å²) < 4.78 is 16.1. The Kier molecular flexibility index (Phi) is 4.16. The topological polar surface area (TPSA) is 105 Å². The van der Waals surface area contributed by atoms with Crippen LogP contribution in [0.3, 0.4) is 0 Å². The molecule has 7 nitrogen and oxygen atoms in total. The van der Waals surface area contributed by atoms with Crippen LogP contribution in [-0.2, 0) is 15.3 Å². The first-order valence-corrected chi connectivity index (χ1v) is 6.00. The summed E-state index contributed by atoms with van der Waals surface area (Å²) in [5.41, 5.74) is 2.26. The second-order valence-electron chi connectivity index (χ2n) is 2.71. The summed E-state index contributed by atoms with van der Waals surface area (Å²) in [5.74, 6) is 0. The van der Waals surface area contributed by atoms with Crippen molar-refractivity contribution < 1.29 is 19.2 Å². The SMILES string of the molecule is CCOP(=O)(O)Cc1ncncc1NO. The van der Waals surface area contributed by atoms with Crippen molar-refractivity contribution in [3.8, 4) is 0 Å². The van der Waals surface area contributed by atoms with Gasteiger partial charge in [-0.3, -0.25) is 15.3 Å². The lowest BCUT2D eigenvalue weighted by Gasteiger charge is -2.11. The van der Waals surface area contributed by atoms with Crippen LogP contribution in [0.5, 0.6) is 0 Å². The van der Waals surface area contributed by atoms with E-state index in [9.17, 15) is 9.46 Å². The molecular weight excluding hydrogens is 221 g/mol. The summed E-state index contributed by atoms with van der Waals surface area (Å²) in [6.07, 6.45) is 2.25. The Morgan fingerprint density at radius 3 is 3.00 bits per heavy atom. The average Bonchev–Trinajstić information content (AvgIpc) is 2.17. The highest BCUT2D eigenvalue weighted by Gasteiger charge is 2.22. The summed E-state index contributed by atoms with van der Waals surface area (Å²) in [6, 6.07) is 0. The molecule has 0 bridgehead atoms. The molecule has 0 saturated carbocycles. The number of aromatic nitrogens is 2. The van der Waals surface area contributed by atoms with Crippen LogP contribution < -0.4 is 5.48 Å². The highest BCUT2D eigenvalue weighted by Crippen LogP contribution is 2.45. The van der Waals surface area contributed by atoms with E-state index in [0.717, 1.165) is 0 Å². The Labute approximate surface area is 86.6 Å². The minimum absolute atomic E-state index is 0.140. The van der Waals surface area contributed by atoms with Crippen molar-refractivity contribution in [3.63, 3.8) is 0 Å². The number of hydrogen-bond acceptors (Lipinski definition) is 6. The van der Waals surface area contributed by atoms with Gasteiger partial charge < -0.3 is 9.42 Å². The van der Waals surface area contributed by atoms with Crippen LogP contribution in [0.4, 0.5) is 5.69 Å². The van der Waals surface area contributed by atoms with E-state index >= 15 is 0 Å². The van der Waals surface area contributed by atoms with Gasteiger partial charge in [0.15, 0.2) is 0 Å². The smallest absolute Gasteiger partial charge is 0.324 e. The average molecular weight is 233 g/mol. The Bertz CT molecular complexity index is 373. The van der Waals surface area contributed by atoms with Crippen LogP contribution in [0.25, 0.3) is 0 Å². The van der Waals surface area contributed by atoms with Crippen molar-refractivity contribution >= 4 is 13.3 Å². The molecule has 84 valence electrons. The first-order chi connectivity index (χ1) is 7.09. The van der Waals surface area contributed by atoms with E-state index in [2.05, 4.69) is 14.5 Å². The van der Waals surface area contributed by atoms with Gasteiger partial charge in [0.2, 0.25) is 0 Å². The Hall–Kier alpha value is -1.01. The van der Waals surface area contributed by atoms with Gasteiger partial charge in [-0.05, 0) is 6.92 Å². The third-order valence-corrected chi connectivity index (χ3v) is 2.96. The molecular formula is C7H12N3O4P. The van der Waals surface area contributed by atoms with Gasteiger partial charge in [0, 0.05) is 0 Å². The fraction of sp³-hybridized carbons (Fsp3) is 0.429. The van der Waals surface area contributed by atoms with Gasteiger partial charge in [0.1, 0.15) is 12.0 Å². The maximum atomic E-state index is 11.4. The minimum atomic E-state index is -3.70. The molecule has 0 radical (unpaired) electrons. The molecule has 0 aliphatic rings. The first kappa shape index (κ1) is 12.1. The second kappa shape index (κ2) is 5.18. The molecule has 0 saturated heterocycles. The van der Waals surface area contributed by atoms with Gasteiger partial charge >= 0.3 is 7.60 Å². The van der Waals surface area contributed by atoms with E-state index in [1.807, 2.05) is 5.48 Å². The largest absolute Gasteiger partial charge is 0.334 e.